The third kappa shape index (κ3) is 2.35. The van der Waals surface area contributed by atoms with Crippen LogP contribution in [0.5, 0.6) is 0 Å². The van der Waals surface area contributed by atoms with Crippen molar-refractivity contribution in [3.8, 4) is 0 Å². The van der Waals surface area contributed by atoms with E-state index in [-0.39, 0.29) is 11.8 Å². The number of anilines is 2. The van der Waals surface area contributed by atoms with E-state index in [1.54, 1.807) is 4.90 Å². The standard InChI is InChI=1S/C16H18N4O/c1-10(2)15-18-9-12(17)14(19-15)16(21)20-8-7-11-5-3-4-6-13(11)20/h3-6,9-10H,7-8,17H2,1-2H3. The number of carbonyl (C=O) groups is 1. The lowest BCUT2D eigenvalue weighted by molar-refractivity contribution is 0.0985. The highest BCUT2D eigenvalue weighted by Gasteiger charge is 2.27. The first-order valence-electron chi connectivity index (χ1n) is 7.10. The topological polar surface area (TPSA) is 72.1 Å². The second kappa shape index (κ2) is 5.16. The fourth-order valence-electron chi connectivity index (χ4n) is 2.53. The van der Waals surface area contributed by atoms with Gasteiger partial charge in [-0.25, -0.2) is 9.97 Å². The minimum Gasteiger partial charge on any atom is -0.396 e. The average Bonchev–Trinajstić information content (AvgIpc) is 2.90. The number of nitrogen functional groups attached to an aromatic ring is 1. The Bertz CT molecular complexity index is 696. The quantitative estimate of drug-likeness (QED) is 0.918. The normalized spacial score (nSPS) is 13.6. The van der Waals surface area contributed by atoms with Gasteiger partial charge < -0.3 is 10.6 Å². The molecule has 2 N–H and O–H groups in total. The molecule has 0 aliphatic carbocycles. The zero-order valence-electron chi connectivity index (χ0n) is 12.2. The van der Waals surface area contributed by atoms with Crippen LogP contribution >= 0.6 is 0 Å². The van der Waals surface area contributed by atoms with Crippen molar-refractivity contribution < 1.29 is 4.79 Å². The number of amides is 1. The zero-order valence-corrected chi connectivity index (χ0v) is 12.2. The molecule has 1 amide bonds. The van der Waals surface area contributed by atoms with Gasteiger partial charge in [-0.2, -0.15) is 0 Å². The highest BCUT2D eigenvalue weighted by atomic mass is 16.2. The van der Waals surface area contributed by atoms with Crippen molar-refractivity contribution in [1.29, 1.82) is 0 Å². The maximum absolute atomic E-state index is 12.8. The zero-order chi connectivity index (χ0) is 15.0. The molecule has 0 saturated carbocycles. The third-order valence-electron chi connectivity index (χ3n) is 3.69. The van der Waals surface area contributed by atoms with Crippen LogP contribution in [-0.4, -0.2) is 22.4 Å². The number of para-hydroxylation sites is 1. The number of carbonyl (C=O) groups excluding carboxylic acids is 1. The summed E-state index contributed by atoms with van der Waals surface area (Å²) in [7, 11) is 0. The van der Waals surface area contributed by atoms with Crippen LogP contribution in [0.2, 0.25) is 0 Å². The van der Waals surface area contributed by atoms with Crippen molar-refractivity contribution in [2.45, 2.75) is 26.2 Å². The molecule has 5 heteroatoms. The SMILES string of the molecule is CC(C)c1ncc(N)c(C(=O)N2CCc3ccccc32)n1. The van der Waals surface area contributed by atoms with Gasteiger partial charge in [0.25, 0.3) is 5.91 Å². The van der Waals surface area contributed by atoms with Crippen LogP contribution in [0.4, 0.5) is 11.4 Å². The lowest BCUT2D eigenvalue weighted by atomic mass is 10.2. The Hall–Kier alpha value is -2.43. The number of nitrogens with two attached hydrogens (primary N) is 1. The van der Waals surface area contributed by atoms with Crippen LogP contribution < -0.4 is 10.6 Å². The summed E-state index contributed by atoms with van der Waals surface area (Å²) in [6.45, 7) is 4.65. The molecule has 3 rings (SSSR count). The molecule has 21 heavy (non-hydrogen) atoms. The monoisotopic (exact) mass is 282 g/mol. The molecular formula is C16H18N4O. The molecular weight excluding hydrogens is 264 g/mol. The van der Waals surface area contributed by atoms with Crippen molar-refractivity contribution >= 4 is 17.3 Å². The molecule has 2 heterocycles. The minimum atomic E-state index is -0.151. The van der Waals surface area contributed by atoms with E-state index < -0.39 is 0 Å². The molecule has 108 valence electrons. The molecule has 0 unspecified atom stereocenters. The number of benzene rings is 1. The van der Waals surface area contributed by atoms with Crippen molar-refractivity contribution in [3.63, 3.8) is 0 Å². The summed E-state index contributed by atoms with van der Waals surface area (Å²) in [5, 5.41) is 0. The lowest BCUT2D eigenvalue weighted by Crippen LogP contribution is -2.31. The van der Waals surface area contributed by atoms with Gasteiger partial charge in [-0.1, -0.05) is 32.0 Å². The van der Waals surface area contributed by atoms with Crippen molar-refractivity contribution in [2.24, 2.45) is 0 Å². The molecule has 0 spiro atoms. The smallest absolute Gasteiger partial charge is 0.279 e. The summed E-state index contributed by atoms with van der Waals surface area (Å²) >= 11 is 0. The Morgan fingerprint density at radius 3 is 2.86 bits per heavy atom. The second-order valence-corrected chi connectivity index (χ2v) is 5.52. The van der Waals surface area contributed by atoms with E-state index in [1.165, 1.54) is 11.8 Å². The predicted molar refractivity (Wildman–Crippen MR) is 82.4 cm³/mol. The summed E-state index contributed by atoms with van der Waals surface area (Å²) in [6, 6.07) is 7.93. The number of aromatic nitrogens is 2. The maximum Gasteiger partial charge on any atom is 0.279 e. The van der Waals surface area contributed by atoms with Crippen LogP contribution in [0.1, 0.15) is 41.6 Å². The van der Waals surface area contributed by atoms with Crippen LogP contribution in [0, 0.1) is 0 Å². The molecule has 0 saturated heterocycles. The van der Waals surface area contributed by atoms with E-state index in [0.29, 0.717) is 23.8 Å². The van der Waals surface area contributed by atoms with Crippen LogP contribution in [0.25, 0.3) is 0 Å². The van der Waals surface area contributed by atoms with Crippen LogP contribution in [0.15, 0.2) is 30.5 Å². The summed E-state index contributed by atoms with van der Waals surface area (Å²) in [4.78, 5) is 23.1. The molecule has 0 bridgehead atoms. The number of rotatable bonds is 2. The van der Waals surface area contributed by atoms with Crippen molar-refractivity contribution in [2.75, 3.05) is 17.2 Å². The average molecular weight is 282 g/mol. The number of hydrogen-bond acceptors (Lipinski definition) is 4. The van der Waals surface area contributed by atoms with Gasteiger partial charge in [-0.15, -0.1) is 0 Å². The van der Waals surface area contributed by atoms with Gasteiger partial charge in [-0.3, -0.25) is 4.79 Å². The highest BCUT2D eigenvalue weighted by molar-refractivity contribution is 6.08. The molecule has 0 fully saturated rings. The number of nitrogens with zero attached hydrogens (tertiary/aromatic N) is 3. The number of hydrogen-bond donors (Lipinski definition) is 1. The van der Waals surface area contributed by atoms with E-state index in [4.69, 9.17) is 5.73 Å². The summed E-state index contributed by atoms with van der Waals surface area (Å²) in [5.74, 6) is 0.643. The summed E-state index contributed by atoms with van der Waals surface area (Å²) in [6.07, 6.45) is 2.39. The first-order chi connectivity index (χ1) is 10.1. The first kappa shape index (κ1) is 13.5. The molecule has 1 aromatic carbocycles. The van der Waals surface area contributed by atoms with E-state index in [9.17, 15) is 4.79 Å². The molecule has 0 radical (unpaired) electrons. The van der Waals surface area contributed by atoms with Gasteiger partial charge in [0.2, 0.25) is 0 Å². The minimum absolute atomic E-state index is 0.151. The maximum atomic E-state index is 12.8. The Morgan fingerprint density at radius 1 is 1.33 bits per heavy atom. The van der Waals surface area contributed by atoms with Crippen LogP contribution in [-0.2, 0) is 6.42 Å². The molecule has 1 aromatic heterocycles. The number of fused-ring (bicyclic) bond motifs is 1. The molecule has 1 aliphatic rings. The molecule has 5 nitrogen and oxygen atoms in total. The molecule has 0 atom stereocenters. The van der Waals surface area contributed by atoms with Crippen molar-refractivity contribution in [3.05, 3.63) is 47.5 Å². The Balaban J connectivity index is 1.98. The summed E-state index contributed by atoms with van der Waals surface area (Å²) < 4.78 is 0. The summed E-state index contributed by atoms with van der Waals surface area (Å²) in [5.41, 5.74) is 8.66. The van der Waals surface area contributed by atoms with Gasteiger partial charge in [-0.05, 0) is 18.1 Å². The van der Waals surface area contributed by atoms with Gasteiger partial charge in [0.1, 0.15) is 5.82 Å². The largest absolute Gasteiger partial charge is 0.396 e. The van der Waals surface area contributed by atoms with Gasteiger partial charge >= 0.3 is 0 Å². The first-order valence-corrected chi connectivity index (χ1v) is 7.10. The van der Waals surface area contributed by atoms with Gasteiger partial charge in [0.05, 0.1) is 11.9 Å². The van der Waals surface area contributed by atoms with E-state index >= 15 is 0 Å². The second-order valence-electron chi connectivity index (χ2n) is 5.52. The van der Waals surface area contributed by atoms with E-state index in [1.807, 2.05) is 38.1 Å². The Kier molecular flexibility index (Phi) is 3.33. The fraction of sp³-hybridized carbons (Fsp3) is 0.312. The highest BCUT2D eigenvalue weighted by Crippen LogP contribution is 2.29. The Morgan fingerprint density at radius 2 is 2.10 bits per heavy atom. The molecule has 1 aliphatic heterocycles. The van der Waals surface area contributed by atoms with E-state index in [0.717, 1.165) is 12.1 Å². The van der Waals surface area contributed by atoms with Gasteiger partial charge in [0.15, 0.2) is 5.69 Å². The van der Waals surface area contributed by atoms with E-state index in [2.05, 4.69) is 9.97 Å². The van der Waals surface area contributed by atoms with Gasteiger partial charge in [0, 0.05) is 18.2 Å². The third-order valence-corrected chi connectivity index (χ3v) is 3.69. The predicted octanol–water partition coefficient (Wildman–Crippen LogP) is 2.39. The molecule has 2 aromatic rings. The fourth-order valence-corrected chi connectivity index (χ4v) is 2.53. The Labute approximate surface area is 123 Å². The lowest BCUT2D eigenvalue weighted by Gasteiger charge is -2.18. The van der Waals surface area contributed by atoms with Crippen LogP contribution in [0.3, 0.4) is 0 Å². The van der Waals surface area contributed by atoms with Crippen molar-refractivity contribution in [1.82, 2.24) is 9.97 Å².